The number of hydrogen-bond donors (Lipinski definition) is 1. The Morgan fingerprint density at radius 1 is 0.939 bits per heavy atom. The van der Waals surface area contributed by atoms with Gasteiger partial charge < -0.3 is 10.1 Å². The molecule has 2 aliphatic rings. The molecule has 0 bridgehead atoms. The third kappa shape index (κ3) is 4.03. The Morgan fingerprint density at radius 2 is 1.61 bits per heavy atom. The van der Waals surface area contributed by atoms with Gasteiger partial charge in [0.1, 0.15) is 12.3 Å². The molecule has 2 heterocycles. The van der Waals surface area contributed by atoms with E-state index >= 15 is 0 Å². The number of carbonyl (C=O) groups is 2. The molecule has 2 amide bonds. The van der Waals surface area contributed by atoms with Crippen LogP contribution in [-0.4, -0.2) is 39.4 Å². The van der Waals surface area contributed by atoms with Crippen LogP contribution in [0.4, 0.5) is 17.1 Å². The topological polar surface area (TPSA) is 96.0 Å². The zero-order chi connectivity index (χ0) is 23.0. The molecule has 0 saturated carbocycles. The van der Waals surface area contributed by atoms with Crippen LogP contribution in [0.1, 0.15) is 5.56 Å². The third-order valence-electron chi connectivity index (χ3n) is 5.57. The summed E-state index contributed by atoms with van der Waals surface area (Å²) in [4.78, 5) is 27.0. The third-order valence-corrected chi connectivity index (χ3v) is 7.29. The maximum Gasteiger partial charge on any atom is 0.270 e. The number of nitrogens with zero attached hydrogens (tertiary/aromatic N) is 2. The number of para-hydroxylation sites is 4. The molecule has 0 unspecified atom stereocenters. The summed E-state index contributed by atoms with van der Waals surface area (Å²) in [6.07, 6.45) is -1.11. The SMILES string of the molecule is O=C1CN(C(=O)[C@@H]2CN(S(=O)(=O)Cc3ccccc3)c3ccccc3O2)c2ccccc2N1. The standard InChI is InChI=1S/C24H21N3O5S/c28-23-15-26(19-11-5-4-10-18(19)25-23)24(29)22-14-27(20-12-6-7-13-21(20)32-22)33(30,31)16-17-8-2-1-3-9-17/h1-13,22H,14-16H2,(H,25,28)/t22-/m0/s1. The molecule has 2 aliphatic heterocycles. The number of sulfonamides is 1. The first kappa shape index (κ1) is 21.0. The van der Waals surface area contributed by atoms with E-state index < -0.39 is 22.0 Å². The van der Waals surface area contributed by atoms with Crippen LogP contribution in [0.15, 0.2) is 78.9 Å². The van der Waals surface area contributed by atoms with Gasteiger partial charge in [0.15, 0.2) is 6.10 Å². The second-order valence-electron chi connectivity index (χ2n) is 7.84. The summed E-state index contributed by atoms with van der Waals surface area (Å²) < 4.78 is 34.0. The average Bonchev–Trinajstić information content (AvgIpc) is 2.82. The van der Waals surface area contributed by atoms with Gasteiger partial charge in [-0.3, -0.25) is 18.8 Å². The molecule has 0 spiro atoms. The Balaban J connectivity index is 1.48. The van der Waals surface area contributed by atoms with E-state index in [1.807, 2.05) is 6.07 Å². The maximum absolute atomic E-state index is 13.5. The van der Waals surface area contributed by atoms with Gasteiger partial charge in [-0.25, -0.2) is 8.42 Å². The fourth-order valence-corrected chi connectivity index (χ4v) is 5.64. The van der Waals surface area contributed by atoms with Gasteiger partial charge >= 0.3 is 0 Å². The minimum Gasteiger partial charge on any atom is -0.476 e. The quantitative estimate of drug-likeness (QED) is 0.642. The van der Waals surface area contributed by atoms with Crippen LogP contribution in [0.2, 0.25) is 0 Å². The van der Waals surface area contributed by atoms with E-state index in [0.717, 1.165) is 0 Å². The lowest BCUT2D eigenvalue weighted by Crippen LogP contribution is -2.54. The summed E-state index contributed by atoms with van der Waals surface area (Å²) in [7, 11) is -3.81. The van der Waals surface area contributed by atoms with E-state index in [1.54, 1.807) is 72.8 Å². The molecule has 1 atom stereocenters. The number of carbonyl (C=O) groups excluding carboxylic acids is 2. The number of ether oxygens (including phenoxy) is 1. The molecule has 5 rings (SSSR count). The van der Waals surface area contributed by atoms with E-state index in [1.165, 1.54) is 9.21 Å². The molecule has 3 aromatic rings. The van der Waals surface area contributed by atoms with Gasteiger partial charge in [-0.2, -0.15) is 0 Å². The number of hydrogen-bond acceptors (Lipinski definition) is 5. The Labute approximate surface area is 191 Å². The van der Waals surface area contributed by atoms with Gasteiger partial charge in [0, 0.05) is 0 Å². The second-order valence-corrected chi connectivity index (χ2v) is 9.73. The van der Waals surface area contributed by atoms with Gasteiger partial charge in [0.25, 0.3) is 5.91 Å². The van der Waals surface area contributed by atoms with E-state index in [0.29, 0.717) is 28.4 Å². The second kappa shape index (κ2) is 8.25. The van der Waals surface area contributed by atoms with Crippen LogP contribution in [0, 0.1) is 0 Å². The van der Waals surface area contributed by atoms with Crippen molar-refractivity contribution in [2.45, 2.75) is 11.9 Å². The molecule has 0 saturated heterocycles. The fourth-order valence-electron chi connectivity index (χ4n) is 4.06. The normalized spacial score (nSPS) is 17.5. The summed E-state index contributed by atoms with van der Waals surface area (Å²) in [5.74, 6) is -0.718. The monoisotopic (exact) mass is 463 g/mol. The first-order valence-electron chi connectivity index (χ1n) is 10.4. The Morgan fingerprint density at radius 3 is 2.39 bits per heavy atom. The highest BCUT2D eigenvalue weighted by Crippen LogP contribution is 2.37. The fraction of sp³-hybridized carbons (Fsp3) is 0.167. The van der Waals surface area contributed by atoms with Crippen molar-refractivity contribution in [3.63, 3.8) is 0 Å². The van der Waals surface area contributed by atoms with Gasteiger partial charge in [-0.1, -0.05) is 54.6 Å². The Hall–Kier alpha value is -3.85. The summed E-state index contributed by atoms with van der Waals surface area (Å²) in [6, 6.07) is 22.6. The van der Waals surface area contributed by atoms with Crippen LogP contribution in [-0.2, 0) is 25.4 Å². The molecule has 33 heavy (non-hydrogen) atoms. The maximum atomic E-state index is 13.5. The predicted molar refractivity (Wildman–Crippen MR) is 125 cm³/mol. The summed E-state index contributed by atoms with van der Waals surface area (Å²) in [6.45, 7) is -0.362. The van der Waals surface area contributed by atoms with Crippen molar-refractivity contribution in [3.05, 3.63) is 84.4 Å². The number of benzene rings is 3. The molecular weight excluding hydrogens is 442 g/mol. The summed E-state index contributed by atoms with van der Waals surface area (Å²) in [5.41, 5.74) is 2.09. The van der Waals surface area contributed by atoms with Crippen molar-refractivity contribution >= 4 is 38.9 Å². The number of nitrogens with one attached hydrogen (secondary N) is 1. The van der Waals surface area contributed by atoms with Crippen LogP contribution in [0.3, 0.4) is 0 Å². The van der Waals surface area contributed by atoms with Crippen molar-refractivity contribution in [2.24, 2.45) is 0 Å². The molecule has 1 N–H and O–H groups in total. The van der Waals surface area contributed by atoms with Crippen LogP contribution in [0.25, 0.3) is 0 Å². The average molecular weight is 464 g/mol. The van der Waals surface area contributed by atoms with Crippen molar-refractivity contribution in [3.8, 4) is 5.75 Å². The van der Waals surface area contributed by atoms with E-state index in [2.05, 4.69) is 5.32 Å². The highest BCUT2D eigenvalue weighted by Gasteiger charge is 2.40. The molecule has 168 valence electrons. The van der Waals surface area contributed by atoms with Gasteiger partial charge in [0.05, 0.1) is 29.4 Å². The van der Waals surface area contributed by atoms with Gasteiger partial charge in [-0.15, -0.1) is 0 Å². The molecule has 8 nitrogen and oxygen atoms in total. The van der Waals surface area contributed by atoms with Crippen LogP contribution in [0.5, 0.6) is 5.75 Å². The lowest BCUT2D eigenvalue weighted by atomic mass is 10.1. The van der Waals surface area contributed by atoms with Gasteiger partial charge in [0.2, 0.25) is 15.9 Å². The zero-order valence-electron chi connectivity index (χ0n) is 17.5. The minimum absolute atomic E-state index is 0.173. The minimum atomic E-state index is -3.81. The summed E-state index contributed by atoms with van der Waals surface area (Å²) in [5, 5.41) is 2.74. The first-order chi connectivity index (χ1) is 15.9. The molecule has 0 aromatic heterocycles. The molecule has 0 radical (unpaired) electrons. The number of amides is 2. The molecule has 0 aliphatic carbocycles. The molecule has 0 fully saturated rings. The van der Waals surface area contributed by atoms with Gasteiger partial charge in [-0.05, 0) is 29.8 Å². The molecular formula is C24H21N3O5S. The largest absolute Gasteiger partial charge is 0.476 e. The predicted octanol–water partition coefficient (Wildman–Crippen LogP) is 2.77. The van der Waals surface area contributed by atoms with Crippen molar-refractivity contribution in [2.75, 3.05) is 27.6 Å². The van der Waals surface area contributed by atoms with E-state index in [4.69, 9.17) is 4.74 Å². The molecule has 3 aromatic carbocycles. The number of fused-ring (bicyclic) bond motifs is 2. The lowest BCUT2D eigenvalue weighted by Gasteiger charge is -2.37. The highest BCUT2D eigenvalue weighted by atomic mass is 32.2. The Kier molecular flexibility index (Phi) is 5.26. The smallest absolute Gasteiger partial charge is 0.270 e. The van der Waals surface area contributed by atoms with E-state index in [-0.39, 0.29) is 24.7 Å². The van der Waals surface area contributed by atoms with Crippen molar-refractivity contribution in [1.29, 1.82) is 0 Å². The first-order valence-corrected chi connectivity index (χ1v) is 12.0. The highest BCUT2D eigenvalue weighted by molar-refractivity contribution is 7.92. The summed E-state index contributed by atoms with van der Waals surface area (Å²) >= 11 is 0. The van der Waals surface area contributed by atoms with Crippen molar-refractivity contribution < 1.29 is 22.7 Å². The molecule has 9 heteroatoms. The van der Waals surface area contributed by atoms with Crippen LogP contribution >= 0.6 is 0 Å². The van der Waals surface area contributed by atoms with Crippen LogP contribution < -0.4 is 19.3 Å². The number of anilines is 3. The Bertz CT molecular complexity index is 1330. The lowest BCUT2D eigenvalue weighted by molar-refractivity contribution is -0.127. The van der Waals surface area contributed by atoms with E-state index in [9.17, 15) is 18.0 Å². The number of rotatable bonds is 4. The van der Waals surface area contributed by atoms with Crippen molar-refractivity contribution in [1.82, 2.24) is 0 Å². The zero-order valence-corrected chi connectivity index (χ0v) is 18.4.